The van der Waals surface area contributed by atoms with Crippen molar-refractivity contribution in [2.24, 2.45) is 23.7 Å². The lowest BCUT2D eigenvalue weighted by Crippen LogP contribution is -2.46. The number of aromatic hydroxyl groups is 1. The van der Waals surface area contributed by atoms with Crippen LogP contribution in [-0.4, -0.2) is 40.2 Å². The van der Waals surface area contributed by atoms with Crippen molar-refractivity contribution in [3.05, 3.63) is 138 Å². The Morgan fingerprint density at radius 3 is 2.34 bits per heavy atom. The van der Waals surface area contributed by atoms with Gasteiger partial charge < -0.3 is 20.1 Å². The monoisotopic (exact) mass is 703 g/mol. The lowest BCUT2D eigenvalue weighted by Gasteiger charge is -2.44. The van der Waals surface area contributed by atoms with Crippen LogP contribution < -0.4 is 10.2 Å². The minimum atomic E-state index is -1.07. The molecule has 1 aliphatic carbocycles. The van der Waals surface area contributed by atoms with Crippen LogP contribution >= 0.6 is 0 Å². The summed E-state index contributed by atoms with van der Waals surface area (Å²) in [5.41, 5.74) is 7.35. The van der Waals surface area contributed by atoms with Crippen molar-refractivity contribution < 1.29 is 24.4 Å². The predicted molar refractivity (Wildman–Crippen MR) is 210 cm³/mol. The van der Waals surface area contributed by atoms with Gasteiger partial charge in [-0.15, -0.1) is 0 Å². The largest absolute Gasteiger partial charge is 0.507 e. The van der Waals surface area contributed by atoms with Crippen LogP contribution in [0, 0.1) is 23.7 Å². The van der Waals surface area contributed by atoms with Crippen molar-refractivity contribution in [2.45, 2.75) is 45.5 Å². The van der Waals surface area contributed by atoms with Crippen molar-refractivity contribution in [3.8, 4) is 5.75 Å². The first-order chi connectivity index (χ1) is 25.8. The molecule has 8 rings (SSSR count). The summed E-state index contributed by atoms with van der Waals surface area (Å²) in [5, 5.41) is 26.8. The first-order valence-electron chi connectivity index (χ1n) is 18.5. The number of rotatable bonds is 9. The Morgan fingerprint density at radius 2 is 1.60 bits per heavy atom. The standard InChI is InChI=1S/C44H42BN3O5/c1-27(2)35-25-36-42(44(51)48(43(36)50)32-19-17-31(18-20-32)47-30-10-4-3-5-11-30)37-26-45(52)53-40(41(35)37)22-16-29(38-14-8-9-23-46-38)24-28-15-21-39(49)34-13-7-6-12-33(28)34/h3-15,17-21,23-24,27,36-37,40,42,47,49,52H,16,22,25-26H2,1-2H3/b29-24-/t36-,37+,40-,42-/m1/s1. The van der Waals surface area contributed by atoms with Crippen molar-refractivity contribution in [1.82, 2.24) is 4.98 Å². The van der Waals surface area contributed by atoms with Gasteiger partial charge in [0.15, 0.2) is 0 Å². The summed E-state index contributed by atoms with van der Waals surface area (Å²) >= 11 is 0. The molecule has 3 N–H and O–H groups in total. The highest BCUT2D eigenvalue weighted by Crippen LogP contribution is 2.53. The van der Waals surface area contributed by atoms with Crippen molar-refractivity contribution in [1.29, 1.82) is 0 Å². The minimum Gasteiger partial charge on any atom is -0.507 e. The number of carbonyl (C=O) groups is 2. The number of anilines is 3. The molecule has 2 amide bonds. The number of hydrogen-bond donors (Lipinski definition) is 3. The summed E-state index contributed by atoms with van der Waals surface area (Å²) < 4.78 is 6.34. The number of phenols is 1. The second-order valence-corrected chi connectivity index (χ2v) is 14.6. The van der Waals surface area contributed by atoms with Crippen LogP contribution in [0.5, 0.6) is 5.75 Å². The molecule has 3 heterocycles. The number of aromatic nitrogens is 1. The summed E-state index contributed by atoms with van der Waals surface area (Å²) in [6.45, 7) is 4.27. The molecule has 1 aromatic heterocycles. The van der Waals surface area contributed by atoms with E-state index in [0.717, 1.165) is 50.1 Å². The van der Waals surface area contributed by atoms with E-state index in [1.54, 1.807) is 12.3 Å². The van der Waals surface area contributed by atoms with Crippen LogP contribution in [0.15, 0.2) is 127 Å². The topological polar surface area (TPSA) is 112 Å². The number of amides is 2. The summed E-state index contributed by atoms with van der Waals surface area (Å²) in [6, 6.07) is 34.5. The van der Waals surface area contributed by atoms with Gasteiger partial charge in [-0.05, 0) is 120 Å². The summed E-state index contributed by atoms with van der Waals surface area (Å²) in [4.78, 5) is 34.6. The van der Waals surface area contributed by atoms with Crippen molar-refractivity contribution >= 4 is 58.4 Å². The van der Waals surface area contributed by atoms with E-state index >= 15 is 0 Å². The molecule has 0 radical (unpaired) electrons. The van der Waals surface area contributed by atoms with Crippen LogP contribution in [-0.2, 0) is 14.2 Å². The number of pyridine rings is 1. The summed E-state index contributed by atoms with van der Waals surface area (Å²) in [5.74, 6) is -1.42. The highest BCUT2D eigenvalue weighted by atomic mass is 16.5. The van der Waals surface area contributed by atoms with Crippen LogP contribution in [0.1, 0.15) is 44.4 Å². The molecule has 266 valence electrons. The fourth-order valence-electron chi connectivity index (χ4n) is 8.62. The second kappa shape index (κ2) is 14.5. The van der Waals surface area contributed by atoms with Crippen LogP contribution in [0.3, 0.4) is 0 Å². The maximum absolute atomic E-state index is 14.4. The number of fused-ring (bicyclic) bond motifs is 4. The van der Waals surface area contributed by atoms with E-state index in [0.29, 0.717) is 24.9 Å². The molecule has 3 aliphatic rings. The van der Waals surface area contributed by atoms with Gasteiger partial charge in [0.1, 0.15) is 5.75 Å². The Labute approximate surface area is 310 Å². The Morgan fingerprint density at radius 1 is 0.887 bits per heavy atom. The first kappa shape index (κ1) is 34.6. The molecular formula is C44H42BN3O5. The third kappa shape index (κ3) is 6.67. The summed E-state index contributed by atoms with van der Waals surface area (Å²) in [7, 11) is -1.07. The van der Waals surface area contributed by atoms with Gasteiger partial charge in [0.05, 0.1) is 29.3 Å². The molecule has 8 nitrogen and oxygen atoms in total. The molecule has 0 unspecified atom stereocenters. The molecule has 2 fully saturated rings. The van der Waals surface area contributed by atoms with Gasteiger partial charge in [-0.2, -0.15) is 0 Å². The van der Waals surface area contributed by atoms with Crippen molar-refractivity contribution in [3.63, 3.8) is 0 Å². The SMILES string of the molecule is CC(C)C1=C2[C@@H](CC/C(=C/c3ccc(O)c4ccccc34)c3ccccn3)OB(O)C[C@@H]2[C@@H]2C(=O)N(c3ccc(Nc4ccccc4)cc3)C(=O)[C@@H]2C1. The van der Waals surface area contributed by atoms with Crippen molar-refractivity contribution in [2.75, 3.05) is 10.2 Å². The van der Waals surface area contributed by atoms with E-state index in [9.17, 15) is 19.7 Å². The van der Waals surface area contributed by atoms with Gasteiger partial charge in [-0.3, -0.25) is 19.5 Å². The molecule has 0 saturated carbocycles. The molecule has 4 aromatic carbocycles. The highest BCUT2D eigenvalue weighted by molar-refractivity contribution is 6.43. The number of allylic oxidation sites excluding steroid dienone is 2. The van der Waals surface area contributed by atoms with Gasteiger partial charge >= 0.3 is 7.12 Å². The maximum atomic E-state index is 14.4. The lowest BCUT2D eigenvalue weighted by atomic mass is 9.57. The molecule has 0 bridgehead atoms. The normalized spacial score (nSPS) is 21.7. The number of nitrogens with one attached hydrogen (secondary N) is 1. The lowest BCUT2D eigenvalue weighted by molar-refractivity contribution is -0.122. The average molecular weight is 704 g/mol. The third-order valence-electron chi connectivity index (χ3n) is 11.1. The zero-order chi connectivity index (χ0) is 36.6. The first-order valence-corrected chi connectivity index (χ1v) is 18.5. The number of phenolic OH excluding ortho intramolecular Hbond substituents is 1. The van der Waals surface area contributed by atoms with Gasteiger partial charge in [-0.25, -0.2) is 0 Å². The summed E-state index contributed by atoms with van der Waals surface area (Å²) in [6.07, 6.45) is 5.34. The zero-order valence-corrected chi connectivity index (χ0v) is 29.9. The molecule has 4 atom stereocenters. The second-order valence-electron chi connectivity index (χ2n) is 14.6. The Bertz CT molecular complexity index is 2220. The van der Waals surface area contributed by atoms with E-state index < -0.39 is 25.1 Å². The number of hydrogen-bond acceptors (Lipinski definition) is 7. The minimum absolute atomic E-state index is 0.129. The van der Waals surface area contributed by atoms with Crippen LogP contribution in [0.25, 0.3) is 22.4 Å². The van der Waals surface area contributed by atoms with E-state index in [1.807, 2.05) is 103 Å². The fraction of sp³-hybridized carbons (Fsp3) is 0.250. The van der Waals surface area contributed by atoms with E-state index in [4.69, 9.17) is 4.65 Å². The highest BCUT2D eigenvalue weighted by Gasteiger charge is 2.57. The van der Waals surface area contributed by atoms with E-state index in [-0.39, 0.29) is 35.7 Å². The van der Waals surface area contributed by atoms with Crippen LogP contribution in [0.2, 0.25) is 6.32 Å². The Kier molecular flexibility index (Phi) is 9.45. The number of imide groups is 1. The zero-order valence-electron chi connectivity index (χ0n) is 29.9. The Hall–Kier alpha value is -5.51. The molecule has 9 heteroatoms. The van der Waals surface area contributed by atoms with Gasteiger partial charge in [-0.1, -0.05) is 74.0 Å². The third-order valence-corrected chi connectivity index (χ3v) is 11.1. The number of para-hydroxylation sites is 1. The van der Waals surface area contributed by atoms with Gasteiger partial charge in [0.2, 0.25) is 11.8 Å². The smallest absolute Gasteiger partial charge is 0.455 e. The van der Waals surface area contributed by atoms with E-state index in [2.05, 4.69) is 30.2 Å². The average Bonchev–Trinajstić information content (AvgIpc) is 3.43. The van der Waals surface area contributed by atoms with Crippen LogP contribution in [0.4, 0.5) is 17.1 Å². The number of benzene rings is 4. The maximum Gasteiger partial charge on any atom is 0.455 e. The molecule has 0 spiro atoms. The van der Waals surface area contributed by atoms with E-state index in [1.165, 1.54) is 4.90 Å². The van der Waals surface area contributed by atoms with Gasteiger partial charge in [0, 0.05) is 23.0 Å². The molecular weight excluding hydrogens is 661 g/mol. The molecule has 5 aromatic rings. The Balaban J connectivity index is 1.09. The molecule has 2 aliphatic heterocycles. The predicted octanol–water partition coefficient (Wildman–Crippen LogP) is 8.66. The molecule has 2 saturated heterocycles. The quantitative estimate of drug-likeness (QED) is 0.0801. The fourth-order valence-corrected chi connectivity index (χ4v) is 8.62. The number of carbonyl (C=O) groups excluding carboxylic acids is 2. The number of nitrogens with zero attached hydrogens (tertiary/aromatic N) is 2. The van der Waals surface area contributed by atoms with Gasteiger partial charge in [0.25, 0.3) is 0 Å². The molecule has 53 heavy (non-hydrogen) atoms.